The second-order valence-corrected chi connectivity index (χ2v) is 7.75. The third-order valence-corrected chi connectivity index (χ3v) is 5.52. The summed E-state index contributed by atoms with van der Waals surface area (Å²) in [5.74, 6) is 1.08. The van der Waals surface area contributed by atoms with Gasteiger partial charge in [-0.15, -0.1) is 0 Å². The van der Waals surface area contributed by atoms with Crippen LogP contribution in [0.4, 0.5) is 0 Å². The number of hydrogen-bond acceptors (Lipinski definition) is 4. The van der Waals surface area contributed by atoms with E-state index in [0.717, 1.165) is 33.6 Å². The molecular formula is C26H24ClNO4. The third-order valence-electron chi connectivity index (χ3n) is 5.28. The molecule has 0 fully saturated rings. The first-order valence-electron chi connectivity index (χ1n) is 10.4. The lowest BCUT2D eigenvalue weighted by Crippen LogP contribution is -2.07. The number of esters is 1. The van der Waals surface area contributed by atoms with Crippen LogP contribution in [-0.4, -0.2) is 24.3 Å². The lowest BCUT2D eigenvalue weighted by atomic mass is 10.1. The normalized spacial score (nSPS) is 10.9. The Hall–Kier alpha value is -3.44. The Bertz CT molecular complexity index is 1260. The van der Waals surface area contributed by atoms with Crippen LogP contribution in [0.15, 0.2) is 66.7 Å². The second kappa shape index (κ2) is 9.37. The first kappa shape index (κ1) is 21.8. The quantitative estimate of drug-likeness (QED) is 0.308. The molecule has 0 aliphatic carbocycles. The summed E-state index contributed by atoms with van der Waals surface area (Å²) >= 11 is 6.07. The predicted octanol–water partition coefficient (Wildman–Crippen LogP) is 6.36. The fourth-order valence-corrected chi connectivity index (χ4v) is 4.02. The zero-order chi connectivity index (χ0) is 22.7. The second-order valence-electron chi connectivity index (χ2n) is 7.31. The monoisotopic (exact) mass is 449 g/mol. The van der Waals surface area contributed by atoms with E-state index in [0.29, 0.717) is 29.5 Å². The molecular weight excluding hydrogens is 426 g/mol. The van der Waals surface area contributed by atoms with E-state index in [1.165, 1.54) is 0 Å². The maximum absolute atomic E-state index is 12.8. The smallest absolute Gasteiger partial charge is 0.340 e. The molecule has 0 amide bonds. The van der Waals surface area contributed by atoms with Gasteiger partial charge in [0.05, 0.1) is 24.8 Å². The molecule has 1 aromatic heterocycles. The van der Waals surface area contributed by atoms with E-state index in [9.17, 15) is 4.79 Å². The summed E-state index contributed by atoms with van der Waals surface area (Å²) in [4.78, 5) is 12.8. The van der Waals surface area contributed by atoms with E-state index in [-0.39, 0.29) is 5.97 Å². The van der Waals surface area contributed by atoms with Crippen molar-refractivity contribution in [1.29, 1.82) is 0 Å². The molecule has 32 heavy (non-hydrogen) atoms. The van der Waals surface area contributed by atoms with E-state index < -0.39 is 0 Å². The van der Waals surface area contributed by atoms with E-state index in [4.69, 9.17) is 25.8 Å². The van der Waals surface area contributed by atoms with Gasteiger partial charge in [-0.3, -0.25) is 0 Å². The van der Waals surface area contributed by atoms with Gasteiger partial charge in [0, 0.05) is 21.8 Å². The van der Waals surface area contributed by atoms with Gasteiger partial charge in [-0.2, -0.15) is 0 Å². The van der Waals surface area contributed by atoms with Crippen molar-refractivity contribution in [2.24, 2.45) is 0 Å². The molecule has 0 spiro atoms. The summed E-state index contributed by atoms with van der Waals surface area (Å²) in [5.41, 5.74) is 4.12. The Kier molecular flexibility index (Phi) is 6.37. The Balaban J connectivity index is 1.77. The number of nitrogens with zero attached hydrogens (tertiary/aromatic N) is 1. The standard InChI is InChI=1S/C26H24ClNO4/c1-4-31-26(29)25-17(2)28(20-8-10-21(30-3)11-9-20)24-13-12-22(15-23(24)25)32-16-18-6-5-7-19(27)14-18/h5-15H,4,16H2,1-3H3. The average molecular weight is 450 g/mol. The van der Waals surface area contributed by atoms with Crippen molar-refractivity contribution in [3.63, 3.8) is 0 Å². The molecule has 1 heterocycles. The van der Waals surface area contributed by atoms with Crippen molar-refractivity contribution < 1.29 is 19.0 Å². The van der Waals surface area contributed by atoms with Crippen molar-refractivity contribution >= 4 is 28.5 Å². The predicted molar refractivity (Wildman–Crippen MR) is 126 cm³/mol. The molecule has 0 radical (unpaired) electrons. The van der Waals surface area contributed by atoms with E-state index in [1.807, 2.05) is 78.2 Å². The van der Waals surface area contributed by atoms with Gasteiger partial charge >= 0.3 is 5.97 Å². The highest BCUT2D eigenvalue weighted by Crippen LogP contribution is 2.33. The highest BCUT2D eigenvalue weighted by Gasteiger charge is 2.22. The van der Waals surface area contributed by atoms with Crippen molar-refractivity contribution in [2.75, 3.05) is 13.7 Å². The number of carbonyl (C=O) groups is 1. The van der Waals surface area contributed by atoms with Crippen LogP contribution in [0.3, 0.4) is 0 Å². The van der Waals surface area contributed by atoms with Gasteiger partial charge in [0.25, 0.3) is 0 Å². The van der Waals surface area contributed by atoms with Crippen LogP contribution in [0.5, 0.6) is 11.5 Å². The molecule has 6 heteroatoms. The Morgan fingerprint density at radius 3 is 2.44 bits per heavy atom. The Labute approximate surface area is 192 Å². The summed E-state index contributed by atoms with van der Waals surface area (Å²) in [6.07, 6.45) is 0. The molecule has 4 aromatic rings. The van der Waals surface area contributed by atoms with Crippen LogP contribution in [0.25, 0.3) is 16.6 Å². The maximum atomic E-state index is 12.8. The summed E-state index contributed by atoms with van der Waals surface area (Å²) < 4.78 is 18.7. The zero-order valence-corrected chi connectivity index (χ0v) is 19.0. The minimum atomic E-state index is -0.353. The lowest BCUT2D eigenvalue weighted by Gasteiger charge is -2.10. The van der Waals surface area contributed by atoms with Crippen LogP contribution in [0.2, 0.25) is 5.02 Å². The zero-order valence-electron chi connectivity index (χ0n) is 18.2. The molecule has 4 rings (SSSR count). The number of hydrogen-bond donors (Lipinski definition) is 0. The van der Waals surface area contributed by atoms with Gasteiger partial charge in [-0.05, 0) is 74.0 Å². The minimum Gasteiger partial charge on any atom is -0.497 e. The van der Waals surface area contributed by atoms with Crippen LogP contribution in [0.1, 0.15) is 28.5 Å². The molecule has 0 bridgehead atoms. The third kappa shape index (κ3) is 4.30. The minimum absolute atomic E-state index is 0.304. The maximum Gasteiger partial charge on any atom is 0.340 e. The highest BCUT2D eigenvalue weighted by molar-refractivity contribution is 6.30. The van der Waals surface area contributed by atoms with Crippen LogP contribution in [0, 0.1) is 6.92 Å². The highest BCUT2D eigenvalue weighted by atomic mass is 35.5. The molecule has 0 aliphatic heterocycles. The van der Waals surface area contributed by atoms with Crippen molar-refractivity contribution in [1.82, 2.24) is 4.57 Å². The first-order valence-corrected chi connectivity index (χ1v) is 10.7. The Morgan fingerprint density at radius 1 is 1.00 bits per heavy atom. The number of benzene rings is 3. The van der Waals surface area contributed by atoms with Gasteiger partial charge < -0.3 is 18.8 Å². The lowest BCUT2D eigenvalue weighted by molar-refractivity contribution is 0.0527. The number of methoxy groups -OCH3 is 1. The topological polar surface area (TPSA) is 49.7 Å². The molecule has 164 valence electrons. The molecule has 5 nitrogen and oxygen atoms in total. The largest absolute Gasteiger partial charge is 0.497 e. The molecule has 0 N–H and O–H groups in total. The van der Waals surface area contributed by atoms with Crippen molar-refractivity contribution in [3.8, 4) is 17.2 Å². The van der Waals surface area contributed by atoms with Gasteiger partial charge in [-0.25, -0.2) is 4.79 Å². The molecule has 0 atom stereocenters. The van der Waals surface area contributed by atoms with Gasteiger partial charge in [0.2, 0.25) is 0 Å². The van der Waals surface area contributed by atoms with E-state index in [2.05, 4.69) is 0 Å². The number of fused-ring (bicyclic) bond motifs is 1. The molecule has 3 aromatic carbocycles. The Morgan fingerprint density at radius 2 is 1.75 bits per heavy atom. The van der Waals surface area contributed by atoms with Gasteiger partial charge in [0.1, 0.15) is 18.1 Å². The van der Waals surface area contributed by atoms with Crippen LogP contribution >= 0.6 is 11.6 Å². The average Bonchev–Trinajstić information content (AvgIpc) is 3.09. The summed E-state index contributed by atoms with van der Waals surface area (Å²) in [5, 5.41) is 1.44. The van der Waals surface area contributed by atoms with Gasteiger partial charge in [-0.1, -0.05) is 23.7 Å². The molecule has 0 saturated heterocycles. The molecule has 0 unspecified atom stereocenters. The first-order chi connectivity index (χ1) is 15.5. The number of rotatable bonds is 7. The number of halogens is 1. The summed E-state index contributed by atoms with van der Waals surface area (Å²) in [6, 6.07) is 21.0. The number of aromatic nitrogens is 1. The number of carbonyl (C=O) groups excluding carboxylic acids is 1. The fourth-order valence-electron chi connectivity index (χ4n) is 3.81. The van der Waals surface area contributed by atoms with E-state index in [1.54, 1.807) is 14.0 Å². The SMILES string of the molecule is CCOC(=O)c1c(C)n(-c2ccc(OC)cc2)c2ccc(OCc3cccc(Cl)c3)cc12. The summed E-state index contributed by atoms with van der Waals surface area (Å²) in [6.45, 7) is 4.40. The van der Waals surface area contributed by atoms with Crippen LogP contribution in [-0.2, 0) is 11.3 Å². The molecule has 0 saturated carbocycles. The van der Waals surface area contributed by atoms with Crippen molar-refractivity contribution in [3.05, 3.63) is 88.6 Å². The fraction of sp³-hybridized carbons (Fsp3) is 0.192. The molecule has 0 aliphatic rings. The number of ether oxygens (including phenoxy) is 3. The van der Waals surface area contributed by atoms with Crippen LogP contribution < -0.4 is 9.47 Å². The van der Waals surface area contributed by atoms with Gasteiger partial charge in [0.15, 0.2) is 0 Å². The van der Waals surface area contributed by atoms with E-state index >= 15 is 0 Å². The summed E-state index contributed by atoms with van der Waals surface area (Å²) in [7, 11) is 1.63. The van der Waals surface area contributed by atoms with Crippen molar-refractivity contribution in [2.45, 2.75) is 20.5 Å².